The minimum Gasteiger partial charge on any atom is -0.444 e. The van der Waals surface area contributed by atoms with E-state index in [4.69, 9.17) is 14.2 Å². The van der Waals surface area contributed by atoms with Gasteiger partial charge in [0, 0.05) is 0 Å². The molecule has 1 aliphatic heterocycles. The van der Waals surface area contributed by atoms with Gasteiger partial charge in [-0.05, 0) is 38.7 Å². The molecule has 1 amide bonds. The smallest absolute Gasteiger partial charge is 0.407 e. The van der Waals surface area contributed by atoms with E-state index in [1.54, 1.807) is 0 Å². The first-order valence-electron chi connectivity index (χ1n) is 9.01. The Morgan fingerprint density at radius 1 is 1.24 bits per heavy atom. The number of carbonyl (C=O) groups is 1. The van der Waals surface area contributed by atoms with Crippen LogP contribution in [0, 0.1) is 5.92 Å². The summed E-state index contributed by atoms with van der Waals surface area (Å²) >= 11 is 0. The minimum atomic E-state index is -0.505. The average molecular weight is 349 g/mol. The van der Waals surface area contributed by atoms with Crippen molar-refractivity contribution in [2.45, 2.75) is 71.5 Å². The van der Waals surface area contributed by atoms with Gasteiger partial charge in [-0.1, -0.05) is 44.2 Å². The van der Waals surface area contributed by atoms with Crippen LogP contribution in [0.2, 0.25) is 0 Å². The maximum atomic E-state index is 12.1. The van der Waals surface area contributed by atoms with Crippen molar-refractivity contribution in [1.29, 1.82) is 0 Å². The Labute approximate surface area is 151 Å². The van der Waals surface area contributed by atoms with Crippen LogP contribution in [0.5, 0.6) is 0 Å². The first-order chi connectivity index (χ1) is 11.7. The van der Waals surface area contributed by atoms with Crippen LogP contribution in [0.25, 0.3) is 0 Å². The van der Waals surface area contributed by atoms with Crippen molar-refractivity contribution < 1.29 is 19.0 Å². The summed E-state index contributed by atoms with van der Waals surface area (Å²) in [5, 5.41) is 2.96. The number of rotatable bonds is 8. The van der Waals surface area contributed by atoms with Crippen molar-refractivity contribution in [3.05, 3.63) is 35.9 Å². The van der Waals surface area contributed by atoms with Crippen molar-refractivity contribution >= 4 is 6.09 Å². The third kappa shape index (κ3) is 7.45. The molecule has 0 radical (unpaired) electrons. The molecule has 0 bridgehead atoms. The Bertz CT molecular complexity index is 538. The molecule has 5 nitrogen and oxygen atoms in total. The van der Waals surface area contributed by atoms with Crippen molar-refractivity contribution in [2.75, 3.05) is 6.61 Å². The molecule has 0 aliphatic carbocycles. The van der Waals surface area contributed by atoms with Gasteiger partial charge in [-0.15, -0.1) is 0 Å². The first kappa shape index (κ1) is 19.7. The number of carbonyl (C=O) groups excluding carboxylic acids is 1. The largest absolute Gasteiger partial charge is 0.444 e. The van der Waals surface area contributed by atoms with Gasteiger partial charge in [0.25, 0.3) is 0 Å². The van der Waals surface area contributed by atoms with E-state index >= 15 is 0 Å². The molecule has 0 saturated carbocycles. The molecule has 1 fully saturated rings. The van der Waals surface area contributed by atoms with Gasteiger partial charge in [-0.2, -0.15) is 0 Å². The summed E-state index contributed by atoms with van der Waals surface area (Å²) in [6, 6.07) is 10.0. The highest BCUT2D eigenvalue weighted by molar-refractivity contribution is 5.68. The third-order valence-corrected chi connectivity index (χ3v) is 3.84. The fraction of sp³-hybridized carbons (Fsp3) is 0.650. The summed E-state index contributed by atoms with van der Waals surface area (Å²) < 4.78 is 16.9. The molecular weight excluding hydrogens is 318 g/mol. The second-order valence-corrected chi connectivity index (χ2v) is 8.02. The van der Waals surface area contributed by atoms with Crippen LogP contribution in [0.1, 0.15) is 46.6 Å². The molecule has 0 aromatic heterocycles. The summed E-state index contributed by atoms with van der Waals surface area (Å²) in [4.78, 5) is 12.1. The lowest BCUT2D eigenvalue weighted by Gasteiger charge is -2.24. The van der Waals surface area contributed by atoms with Gasteiger partial charge in [-0.3, -0.25) is 0 Å². The van der Waals surface area contributed by atoms with Gasteiger partial charge < -0.3 is 19.5 Å². The van der Waals surface area contributed by atoms with Crippen molar-refractivity contribution in [2.24, 2.45) is 5.92 Å². The fourth-order valence-corrected chi connectivity index (χ4v) is 2.75. The van der Waals surface area contributed by atoms with Crippen LogP contribution in [0.4, 0.5) is 4.79 Å². The van der Waals surface area contributed by atoms with E-state index in [1.165, 1.54) is 0 Å². The SMILES string of the molecule is CC(C)C[C@H](NC(=O)OC(C)(C)C)[C@H]1O[C@@H]1COCc1ccccc1. The first-order valence-corrected chi connectivity index (χ1v) is 9.01. The fourth-order valence-electron chi connectivity index (χ4n) is 2.75. The highest BCUT2D eigenvalue weighted by Gasteiger charge is 2.46. The standard InChI is InChI=1S/C20H31NO4/c1-14(2)11-16(21-19(22)25-20(3,4)5)18-17(24-18)13-23-12-15-9-7-6-8-10-15/h6-10,14,16-18H,11-13H2,1-5H3,(H,21,22)/t16-,17+,18+/m0/s1. The summed E-state index contributed by atoms with van der Waals surface area (Å²) in [5.74, 6) is 0.454. The predicted octanol–water partition coefficient (Wildman–Crippen LogP) is 3.91. The van der Waals surface area contributed by atoms with E-state index in [-0.39, 0.29) is 18.2 Å². The van der Waals surface area contributed by atoms with Gasteiger partial charge in [0.2, 0.25) is 0 Å². The Morgan fingerprint density at radius 2 is 1.92 bits per heavy atom. The van der Waals surface area contributed by atoms with E-state index < -0.39 is 11.7 Å². The summed E-state index contributed by atoms with van der Waals surface area (Å²) in [6.45, 7) is 10.9. The summed E-state index contributed by atoms with van der Waals surface area (Å²) in [5.41, 5.74) is 0.639. The number of amides is 1. The number of ether oxygens (including phenoxy) is 3. The molecule has 1 heterocycles. The van der Waals surface area contributed by atoms with E-state index in [0.717, 1.165) is 12.0 Å². The Balaban J connectivity index is 1.78. The third-order valence-electron chi connectivity index (χ3n) is 3.84. The molecule has 2 rings (SSSR count). The number of nitrogens with one attached hydrogen (secondary N) is 1. The lowest BCUT2D eigenvalue weighted by Crippen LogP contribution is -2.43. The van der Waals surface area contributed by atoms with E-state index in [2.05, 4.69) is 19.2 Å². The second-order valence-electron chi connectivity index (χ2n) is 8.02. The Morgan fingerprint density at radius 3 is 2.52 bits per heavy atom. The van der Waals surface area contributed by atoms with Crippen molar-refractivity contribution in [1.82, 2.24) is 5.32 Å². The number of alkyl carbamates (subject to hydrolysis) is 1. The number of hydrogen-bond acceptors (Lipinski definition) is 4. The zero-order chi connectivity index (χ0) is 18.4. The van der Waals surface area contributed by atoms with E-state index in [9.17, 15) is 4.79 Å². The number of epoxide rings is 1. The zero-order valence-electron chi connectivity index (χ0n) is 16.0. The van der Waals surface area contributed by atoms with Crippen LogP contribution in [-0.2, 0) is 20.8 Å². The Hall–Kier alpha value is -1.59. The molecule has 1 N–H and O–H groups in total. The zero-order valence-corrected chi connectivity index (χ0v) is 16.0. The molecule has 140 valence electrons. The molecular formula is C20H31NO4. The molecule has 0 spiro atoms. The van der Waals surface area contributed by atoms with E-state index in [0.29, 0.717) is 19.1 Å². The van der Waals surface area contributed by atoms with Crippen LogP contribution >= 0.6 is 0 Å². The molecule has 0 unspecified atom stereocenters. The molecule has 5 heteroatoms. The molecule has 1 aliphatic rings. The second kappa shape index (κ2) is 8.68. The lowest BCUT2D eigenvalue weighted by atomic mass is 10.00. The topological polar surface area (TPSA) is 60.1 Å². The number of hydrogen-bond donors (Lipinski definition) is 1. The van der Waals surface area contributed by atoms with Gasteiger partial charge in [0.05, 0.1) is 19.3 Å². The van der Waals surface area contributed by atoms with Crippen LogP contribution in [-0.4, -0.2) is 36.6 Å². The highest BCUT2D eigenvalue weighted by atomic mass is 16.6. The molecule has 1 aromatic rings. The van der Waals surface area contributed by atoms with Gasteiger partial charge in [0.15, 0.2) is 0 Å². The van der Waals surface area contributed by atoms with Crippen LogP contribution < -0.4 is 5.32 Å². The van der Waals surface area contributed by atoms with Gasteiger partial charge in [-0.25, -0.2) is 4.79 Å². The predicted molar refractivity (Wildman–Crippen MR) is 97.4 cm³/mol. The normalized spacial score (nSPS) is 21.0. The van der Waals surface area contributed by atoms with Gasteiger partial charge >= 0.3 is 6.09 Å². The highest BCUT2D eigenvalue weighted by Crippen LogP contribution is 2.29. The van der Waals surface area contributed by atoms with E-state index in [1.807, 2.05) is 51.1 Å². The maximum absolute atomic E-state index is 12.1. The maximum Gasteiger partial charge on any atom is 0.407 e. The molecule has 3 atom stereocenters. The quantitative estimate of drug-likeness (QED) is 0.723. The average Bonchev–Trinajstić information content (AvgIpc) is 3.25. The molecule has 1 saturated heterocycles. The summed E-state index contributed by atoms with van der Waals surface area (Å²) in [7, 11) is 0. The summed E-state index contributed by atoms with van der Waals surface area (Å²) in [6.07, 6.45) is 0.477. The number of benzene rings is 1. The molecule has 25 heavy (non-hydrogen) atoms. The monoisotopic (exact) mass is 349 g/mol. The molecule has 1 aromatic carbocycles. The lowest BCUT2D eigenvalue weighted by molar-refractivity contribution is 0.0488. The van der Waals surface area contributed by atoms with Gasteiger partial charge in [0.1, 0.15) is 17.8 Å². The van der Waals surface area contributed by atoms with Crippen LogP contribution in [0.3, 0.4) is 0 Å². The Kier molecular flexibility index (Phi) is 6.85. The van der Waals surface area contributed by atoms with Crippen molar-refractivity contribution in [3.8, 4) is 0 Å². The van der Waals surface area contributed by atoms with Crippen molar-refractivity contribution in [3.63, 3.8) is 0 Å². The minimum absolute atomic E-state index is 0.00862. The van der Waals surface area contributed by atoms with Crippen LogP contribution in [0.15, 0.2) is 30.3 Å².